The maximum absolute atomic E-state index is 12.7. The molecule has 25 heavy (non-hydrogen) atoms. The highest BCUT2D eigenvalue weighted by molar-refractivity contribution is 9.10. The molecule has 0 saturated carbocycles. The summed E-state index contributed by atoms with van der Waals surface area (Å²) in [5, 5.41) is 4.09. The third kappa shape index (κ3) is 4.94. The molecule has 0 radical (unpaired) electrons. The van der Waals surface area contributed by atoms with Crippen LogP contribution in [0.5, 0.6) is 0 Å². The number of benzene rings is 3. The number of anilines is 1. The lowest BCUT2D eigenvalue weighted by Crippen LogP contribution is -2.15. The maximum Gasteiger partial charge on any atom is 0.165 e. The zero-order valence-corrected chi connectivity index (χ0v) is 15.8. The van der Waals surface area contributed by atoms with Gasteiger partial charge in [-0.05, 0) is 54.1 Å². The van der Waals surface area contributed by atoms with Gasteiger partial charge in [0.25, 0.3) is 0 Å². The van der Waals surface area contributed by atoms with Crippen LogP contribution in [0.15, 0.2) is 83.3 Å². The summed E-state index contributed by atoms with van der Waals surface area (Å²) in [5.41, 5.74) is 2.72. The van der Waals surface area contributed by atoms with E-state index >= 15 is 0 Å². The molecular formula is C21H17BrClNO. The number of nitrogens with one attached hydrogen (secondary N) is 1. The Morgan fingerprint density at radius 3 is 2.20 bits per heavy atom. The van der Waals surface area contributed by atoms with Gasteiger partial charge in [0, 0.05) is 27.2 Å². The van der Waals surface area contributed by atoms with Crippen LogP contribution in [0.2, 0.25) is 5.02 Å². The molecule has 0 saturated heterocycles. The third-order valence-electron chi connectivity index (χ3n) is 3.94. The van der Waals surface area contributed by atoms with Gasteiger partial charge in [-0.2, -0.15) is 0 Å². The van der Waals surface area contributed by atoms with Crippen LogP contribution in [-0.2, 0) is 0 Å². The quantitative estimate of drug-likeness (QED) is 0.465. The van der Waals surface area contributed by atoms with E-state index in [2.05, 4.69) is 21.2 Å². The fraction of sp³-hybridized carbons (Fsp3) is 0.0952. The number of halogens is 2. The Labute approximate surface area is 161 Å². The predicted octanol–water partition coefficient (Wildman–Crippen LogP) is 6.53. The maximum atomic E-state index is 12.7. The molecular weight excluding hydrogens is 398 g/mol. The van der Waals surface area contributed by atoms with Crippen molar-refractivity contribution in [3.05, 3.63) is 99.5 Å². The number of ketones is 1. The second-order valence-corrected chi connectivity index (χ2v) is 7.10. The van der Waals surface area contributed by atoms with Crippen molar-refractivity contribution in [2.24, 2.45) is 0 Å². The zero-order chi connectivity index (χ0) is 17.6. The third-order valence-corrected chi connectivity index (χ3v) is 4.72. The number of carbonyl (C=O) groups excluding carboxylic acids is 1. The number of hydrogen-bond acceptors (Lipinski definition) is 2. The van der Waals surface area contributed by atoms with Crippen LogP contribution < -0.4 is 5.32 Å². The monoisotopic (exact) mass is 413 g/mol. The molecule has 2 nitrogen and oxygen atoms in total. The SMILES string of the molecule is O=C(C[C@@H](Nc1ccccc1)c1ccc(Br)cc1)c1ccc(Cl)cc1. The highest BCUT2D eigenvalue weighted by atomic mass is 79.9. The highest BCUT2D eigenvalue weighted by Gasteiger charge is 2.17. The molecule has 3 rings (SSSR count). The molecule has 0 aliphatic carbocycles. The molecule has 1 N–H and O–H groups in total. The van der Waals surface area contributed by atoms with Crippen molar-refractivity contribution in [3.63, 3.8) is 0 Å². The average Bonchev–Trinajstić information content (AvgIpc) is 2.63. The molecule has 3 aromatic rings. The minimum Gasteiger partial charge on any atom is -0.378 e. The zero-order valence-electron chi connectivity index (χ0n) is 13.5. The topological polar surface area (TPSA) is 29.1 Å². The lowest BCUT2D eigenvalue weighted by atomic mass is 9.97. The standard InChI is InChI=1S/C21H17BrClNO/c22-17-10-6-15(7-11-17)20(24-19-4-2-1-3-5-19)14-21(25)16-8-12-18(23)13-9-16/h1-13,20,24H,14H2/t20-/m1/s1. The number of rotatable bonds is 6. The Hall–Kier alpha value is -2.10. The molecule has 1 atom stereocenters. The minimum atomic E-state index is -0.112. The molecule has 0 aliphatic rings. The molecule has 0 spiro atoms. The summed E-state index contributed by atoms with van der Waals surface area (Å²) in [6.45, 7) is 0. The van der Waals surface area contributed by atoms with Crippen LogP contribution in [0.25, 0.3) is 0 Å². The summed E-state index contributed by atoms with van der Waals surface area (Å²) in [4.78, 5) is 12.7. The first-order valence-corrected chi connectivity index (χ1v) is 9.15. The van der Waals surface area contributed by atoms with Crippen LogP contribution in [0.1, 0.15) is 28.4 Å². The Balaban J connectivity index is 1.83. The molecule has 126 valence electrons. The first kappa shape index (κ1) is 17.7. The minimum absolute atomic E-state index is 0.0769. The molecule has 0 aliphatic heterocycles. The van der Waals surface area contributed by atoms with Gasteiger partial charge in [-0.3, -0.25) is 4.79 Å². The van der Waals surface area contributed by atoms with Crippen molar-refractivity contribution in [2.75, 3.05) is 5.32 Å². The van der Waals surface area contributed by atoms with Crippen LogP contribution >= 0.6 is 27.5 Å². The van der Waals surface area contributed by atoms with Crippen molar-refractivity contribution in [3.8, 4) is 0 Å². The van der Waals surface area contributed by atoms with Crippen molar-refractivity contribution < 1.29 is 4.79 Å². The molecule has 0 aromatic heterocycles. The van der Waals surface area contributed by atoms with E-state index in [1.54, 1.807) is 24.3 Å². The fourth-order valence-corrected chi connectivity index (χ4v) is 3.01. The van der Waals surface area contributed by atoms with Crippen molar-refractivity contribution in [1.29, 1.82) is 0 Å². The van der Waals surface area contributed by atoms with Crippen LogP contribution in [0.4, 0.5) is 5.69 Å². The summed E-state index contributed by atoms with van der Waals surface area (Å²) < 4.78 is 1.01. The lowest BCUT2D eigenvalue weighted by Gasteiger charge is -2.20. The number of Topliss-reactive ketones (excluding diaryl/α,β-unsaturated/α-hetero) is 1. The van der Waals surface area contributed by atoms with E-state index in [9.17, 15) is 4.79 Å². The van der Waals surface area contributed by atoms with Crippen LogP contribution in [-0.4, -0.2) is 5.78 Å². The van der Waals surface area contributed by atoms with Gasteiger partial charge in [0.15, 0.2) is 5.78 Å². The molecule has 0 fully saturated rings. The molecule has 0 unspecified atom stereocenters. The smallest absolute Gasteiger partial charge is 0.165 e. The molecule has 0 heterocycles. The number of hydrogen-bond donors (Lipinski definition) is 1. The molecule has 3 aromatic carbocycles. The Morgan fingerprint density at radius 2 is 1.56 bits per heavy atom. The van der Waals surface area contributed by atoms with Gasteiger partial charge in [-0.25, -0.2) is 0 Å². The summed E-state index contributed by atoms with van der Waals surface area (Å²) in [6, 6.07) is 24.9. The second kappa shape index (κ2) is 8.32. The lowest BCUT2D eigenvalue weighted by molar-refractivity contribution is 0.0976. The van der Waals surface area contributed by atoms with Gasteiger partial charge in [0.2, 0.25) is 0 Å². The molecule has 0 amide bonds. The van der Waals surface area contributed by atoms with Gasteiger partial charge >= 0.3 is 0 Å². The Kier molecular flexibility index (Phi) is 5.90. The van der Waals surface area contributed by atoms with Crippen molar-refractivity contribution in [2.45, 2.75) is 12.5 Å². The van der Waals surface area contributed by atoms with E-state index in [1.165, 1.54) is 0 Å². The molecule has 0 bridgehead atoms. The largest absolute Gasteiger partial charge is 0.378 e. The normalized spacial score (nSPS) is 11.8. The summed E-state index contributed by atoms with van der Waals surface area (Å²) in [7, 11) is 0. The van der Waals surface area contributed by atoms with Gasteiger partial charge < -0.3 is 5.32 Å². The van der Waals surface area contributed by atoms with Gasteiger partial charge in [0.05, 0.1) is 6.04 Å². The summed E-state index contributed by atoms with van der Waals surface area (Å²) >= 11 is 9.37. The van der Waals surface area contributed by atoms with E-state index in [4.69, 9.17) is 11.6 Å². The predicted molar refractivity (Wildman–Crippen MR) is 107 cm³/mol. The van der Waals surface area contributed by atoms with E-state index in [0.29, 0.717) is 17.0 Å². The summed E-state index contributed by atoms with van der Waals surface area (Å²) in [5.74, 6) is 0.0769. The fourth-order valence-electron chi connectivity index (χ4n) is 2.62. The van der Waals surface area contributed by atoms with Gasteiger partial charge in [-0.1, -0.05) is 57.9 Å². The van der Waals surface area contributed by atoms with E-state index in [0.717, 1.165) is 15.7 Å². The number of para-hydroxylation sites is 1. The second-order valence-electron chi connectivity index (χ2n) is 5.75. The van der Waals surface area contributed by atoms with Crippen LogP contribution in [0, 0.1) is 0 Å². The van der Waals surface area contributed by atoms with Gasteiger partial charge in [-0.15, -0.1) is 0 Å². The van der Waals surface area contributed by atoms with E-state index in [-0.39, 0.29) is 11.8 Å². The van der Waals surface area contributed by atoms with Gasteiger partial charge in [0.1, 0.15) is 0 Å². The Morgan fingerprint density at radius 1 is 0.920 bits per heavy atom. The highest BCUT2D eigenvalue weighted by Crippen LogP contribution is 2.26. The first-order valence-electron chi connectivity index (χ1n) is 7.97. The van der Waals surface area contributed by atoms with E-state index in [1.807, 2.05) is 54.6 Å². The first-order chi connectivity index (χ1) is 12.1. The average molecular weight is 415 g/mol. The molecule has 4 heteroatoms. The van der Waals surface area contributed by atoms with Crippen molar-refractivity contribution in [1.82, 2.24) is 0 Å². The number of carbonyl (C=O) groups is 1. The van der Waals surface area contributed by atoms with Crippen LogP contribution in [0.3, 0.4) is 0 Å². The van der Waals surface area contributed by atoms with Crippen molar-refractivity contribution >= 4 is 39.0 Å². The summed E-state index contributed by atoms with van der Waals surface area (Å²) in [6.07, 6.45) is 0.359. The van der Waals surface area contributed by atoms with E-state index < -0.39 is 0 Å². The Bertz CT molecular complexity index is 832.